The highest BCUT2D eigenvalue weighted by Crippen LogP contribution is 2.20. The number of Topliss-reactive ketones (excluding diaryl/α,β-unsaturated/α-hetero) is 1. The molecule has 0 saturated carbocycles. The van der Waals surface area contributed by atoms with Crippen molar-refractivity contribution in [1.82, 2.24) is 0 Å². The van der Waals surface area contributed by atoms with Crippen LogP contribution in [0.5, 0.6) is 0 Å². The van der Waals surface area contributed by atoms with Crippen molar-refractivity contribution >= 4 is 23.4 Å². The van der Waals surface area contributed by atoms with Gasteiger partial charge in [-0.2, -0.15) is 0 Å². The second-order valence-corrected chi connectivity index (χ2v) is 11.4. The van der Waals surface area contributed by atoms with Crippen LogP contribution >= 0.6 is 0 Å². The minimum atomic E-state index is -1.63. The van der Waals surface area contributed by atoms with E-state index in [1.54, 1.807) is 39.8 Å². The van der Waals surface area contributed by atoms with Gasteiger partial charge in [0.15, 0.2) is 5.78 Å². The summed E-state index contributed by atoms with van der Waals surface area (Å²) in [6.45, 7) is 11.2. The molecule has 0 fully saturated rings. The molecule has 0 aliphatic rings. The molecule has 0 bridgehead atoms. The third-order valence-corrected chi connectivity index (χ3v) is 6.50. The lowest BCUT2D eigenvalue weighted by Crippen LogP contribution is -2.38. The summed E-state index contributed by atoms with van der Waals surface area (Å²) in [5.74, 6) is -4.02. The molecule has 0 aliphatic heterocycles. The summed E-state index contributed by atoms with van der Waals surface area (Å²) in [5, 5.41) is 3.48. The monoisotopic (exact) mass is 531 g/mol. The topological polar surface area (TPSA) is 81.7 Å². The van der Waals surface area contributed by atoms with Crippen molar-refractivity contribution in [3.8, 4) is 0 Å². The van der Waals surface area contributed by atoms with Gasteiger partial charge in [-0.25, -0.2) is 0 Å². The minimum absolute atomic E-state index is 0.0748. The molecule has 2 atom stereocenters. The Bertz CT molecular complexity index is 812. The molecule has 0 radical (unpaired) electrons. The second-order valence-electron chi connectivity index (χ2n) is 11.4. The lowest BCUT2D eigenvalue weighted by Gasteiger charge is -2.22. The predicted octanol–water partition coefficient (Wildman–Crippen LogP) is 8.28. The Morgan fingerprint density at radius 3 is 1.74 bits per heavy atom. The number of hydrogen-bond acceptors (Lipinski definition) is 6. The highest BCUT2D eigenvalue weighted by atomic mass is 16.6. The number of anilines is 1. The molecule has 0 aromatic heterocycles. The number of benzene rings is 1. The van der Waals surface area contributed by atoms with Crippen LogP contribution in [0.1, 0.15) is 135 Å². The van der Waals surface area contributed by atoms with Gasteiger partial charge in [-0.15, -0.1) is 0 Å². The number of rotatable bonds is 20. The van der Waals surface area contributed by atoms with Crippen molar-refractivity contribution in [2.75, 3.05) is 11.9 Å². The summed E-state index contributed by atoms with van der Waals surface area (Å²) < 4.78 is 10.3. The summed E-state index contributed by atoms with van der Waals surface area (Å²) in [5.41, 5.74) is 0.352. The fourth-order valence-corrected chi connectivity index (χ4v) is 4.44. The fraction of sp³-hybridized carbons (Fsp3) is 0.719. The second kappa shape index (κ2) is 18.8. The van der Waals surface area contributed by atoms with Crippen molar-refractivity contribution < 1.29 is 23.9 Å². The molecular weight excluding hydrogens is 478 g/mol. The highest BCUT2D eigenvalue weighted by molar-refractivity contribution is 6.20. The number of esters is 2. The van der Waals surface area contributed by atoms with Crippen LogP contribution in [0.15, 0.2) is 24.3 Å². The van der Waals surface area contributed by atoms with E-state index in [0.717, 1.165) is 12.1 Å². The standard InChI is InChI=1S/C32H53NO5/c1-7-9-10-11-12-13-14-15-16-17-18-19-20-25(3)33-27-23-21-26(22-24-27)29(34)28(30(35)37-8-2)31(36)38-32(4,5)6/h21-25,28,33H,7-20H2,1-6H3. The lowest BCUT2D eigenvalue weighted by molar-refractivity contribution is -0.166. The summed E-state index contributed by atoms with van der Waals surface area (Å²) >= 11 is 0. The molecule has 1 rings (SSSR count). The Kier molecular flexibility index (Phi) is 16.7. The molecule has 6 nitrogen and oxygen atoms in total. The first-order valence-electron chi connectivity index (χ1n) is 14.9. The first-order valence-corrected chi connectivity index (χ1v) is 14.9. The largest absolute Gasteiger partial charge is 0.465 e. The molecule has 0 spiro atoms. The van der Waals surface area contributed by atoms with Gasteiger partial charge in [0.25, 0.3) is 0 Å². The van der Waals surface area contributed by atoms with E-state index in [4.69, 9.17) is 9.47 Å². The molecular formula is C32H53NO5. The van der Waals surface area contributed by atoms with Crippen molar-refractivity contribution in [3.63, 3.8) is 0 Å². The van der Waals surface area contributed by atoms with Gasteiger partial charge in [-0.3, -0.25) is 14.4 Å². The van der Waals surface area contributed by atoms with Crippen LogP contribution in [0.3, 0.4) is 0 Å². The molecule has 0 saturated heterocycles. The van der Waals surface area contributed by atoms with Gasteiger partial charge in [0.05, 0.1) is 6.61 Å². The third-order valence-electron chi connectivity index (χ3n) is 6.50. The number of nitrogens with one attached hydrogen (secondary N) is 1. The van der Waals surface area contributed by atoms with E-state index in [2.05, 4.69) is 19.2 Å². The van der Waals surface area contributed by atoms with Gasteiger partial charge in [-0.05, 0) is 65.3 Å². The van der Waals surface area contributed by atoms with Crippen molar-refractivity contribution in [2.45, 2.75) is 137 Å². The predicted molar refractivity (Wildman–Crippen MR) is 156 cm³/mol. The van der Waals surface area contributed by atoms with Crippen molar-refractivity contribution in [2.24, 2.45) is 5.92 Å². The Morgan fingerprint density at radius 1 is 0.763 bits per heavy atom. The maximum absolute atomic E-state index is 13.0. The Balaban J connectivity index is 2.42. The summed E-state index contributed by atoms with van der Waals surface area (Å²) in [4.78, 5) is 38.0. The van der Waals surface area contributed by atoms with Crippen LogP contribution in [0, 0.1) is 5.92 Å². The van der Waals surface area contributed by atoms with E-state index in [-0.39, 0.29) is 12.2 Å². The molecule has 1 aromatic carbocycles. The first-order chi connectivity index (χ1) is 18.1. The first kappa shape index (κ1) is 33.7. The van der Waals surface area contributed by atoms with Gasteiger partial charge in [0, 0.05) is 17.3 Å². The number of unbranched alkanes of at least 4 members (excludes halogenated alkanes) is 11. The number of carbonyl (C=O) groups is 3. The Labute approximate surface area is 231 Å². The average molecular weight is 532 g/mol. The van der Waals surface area contributed by atoms with Crippen molar-refractivity contribution in [3.05, 3.63) is 29.8 Å². The van der Waals surface area contributed by atoms with Crippen LogP contribution in [0.25, 0.3) is 0 Å². The highest BCUT2D eigenvalue weighted by Gasteiger charge is 2.39. The molecule has 1 aromatic rings. The zero-order valence-corrected chi connectivity index (χ0v) is 24.9. The van der Waals surface area contributed by atoms with E-state index >= 15 is 0 Å². The molecule has 0 aliphatic carbocycles. The zero-order valence-electron chi connectivity index (χ0n) is 24.9. The molecule has 1 N–H and O–H groups in total. The molecule has 216 valence electrons. The van der Waals surface area contributed by atoms with Crippen LogP contribution in [0.2, 0.25) is 0 Å². The van der Waals surface area contributed by atoms with Crippen LogP contribution in [0.4, 0.5) is 5.69 Å². The van der Waals surface area contributed by atoms with E-state index in [1.165, 1.54) is 77.0 Å². The van der Waals surface area contributed by atoms with Crippen molar-refractivity contribution in [1.29, 1.82) is 0 Å². The number of hydrogen-bond donors (Lipinski definition) is 1. The molecule has 0 amide bonds. The Morgan fingerprint density at radius 2 is 1.26 bits per heavy atom. The van der Waals surface area contributed by atoms with Gasteiger partial charge < -0.3 is 14.8 Å². The van der Waals surface area contributed by atoms with Gasteiger partial charge in [0.1, 0.15) is 5.60 Å². The molecule has 0 heterocycles. The summed E-state index contributed by atoms with van der Waals surface area (Å²) in [6.07, 6.45) is 17.2. The van der Waals surface area contributed by atoms with Crippen LogP contribution in [-0.4, -0.2) is 36.0 Å². The lowest BCUT2D eigenvalue weighted by atomic mass is 9.97. The SMILES string of the molecule is CCCCCCCCCCCCCCC(C)Nc1ccc(C(=O)C(C(=O)OCC)C(=O)OC(C)(C)C)cc1. The van der Waals surface area contributed by atoms with Gasteiger partial charge in [0.2, 0.25) is 5.92 Å². The third kappa shape index (κ3) is 14.5. The molecule has 6 heteroatoms. The summed E-state index contributed by atoms with van der Waals surface area (Å²) in [7, 11) is 0. The number of carbonyl (C=O) groups excluding carboxylic acids is 3. The molecule has 2 unspecified atom stereocenters. The number of ketones is 1. The molecule has 38 heavy (non-hydrogen) atoms. The van der Waals surface area contributed by atoms with E-state index < -0.39 is 29.2 Å². The fourth-order valence-electron chi connectivity index (χ4n) is 4.44. The maximum atomic E-state index is 13.0. The van der Waals surface area contributed by atoms with E-state index in [0.29, 0.717) is 6.04 Å². The van der Waals surface area contributed by atoms with Gasteiger partial charge >= 0.3 is 11.9 Å². The van der Waals surface area contributed by atoms with E-state index in [1.807, 2.05) is 12.1 Å². The smallest absolute Gasteiger partial charge is 0.328 e. The van der Waals surface area contributed by atoms with Crippen LogP contribution in [-0.2, 0) is 19.1 Å². The van der Waals surface area contributed by atoms with Crippen LogP contribution < -0.4 is 5.32 Å². The van der Waals surface area contributed by atoms with Gasteiger partial charge in [-0.1, -0.05) is 84.0 Å². The summed E-state index contributed by atoms with van der Waals surface area (Å²) in [6, 6.07) is 7.20. The zero-order chi connectivity index (χ0) is 28.4. The minimum Gasteiger partial charge on any atom is -0.465 e. The quantitative estimate of drug-likeness (QED) is 0.0789. The normalized spacial score (nSPS) is 13.0. The Hall–Kier alpha value is -2.37. The maximum Gasteiger partial charge on any atom is 0.328 e. The van der Waals surface area contributed by atoms with E-state index in [9.17, 15) is 14.4 Å². The number of ether oxygens (including phenoxy) is 2. The average Bonchev–Trinajstić information content (AvgIpc) is 2.84.